The molecule has 2 atom stereocenters. The Balaban J connectivity index is 3.76. The van der Waals surface area contributed by atoms with Crippen molar-refractivity contribution in [2.24, 2.45) is 0 Å². The molecule has 0 fully saturated rings. The third-order valence-corrected chi connectivity index (χ3v) is 2.94. The van der Waals surface area contributed by atoms with Crippen LogP contribution in [0.3, 0.4) is 0 Å². The van der Waals surface area contributed by atoms with Crippen molar-refractivity contribution in [3.8, 4) is 0 Å². The van der Waals surface area contributed by atoms with E-state index in [1.165, 1.54) is 28.1 Å². The number of unbranched alkanes of at least 4 members (excludes halogenated alkanes) is 2. The topological polar surface area (TPSA) is 105 Å². The number of ether oxygens (including phenoxy) is 4. The summed E-state index contributed by atoms with van der Waals surface area (Å²) >= 11 is 0. The highest BCUT2D eigenvalue weighted by Crippen LogP contribution is 2.08. The Labute approximate surface area is 135 Å². The molecule has 0 aromatic rings. The van der Waals surface area contributed by atoms with Gasteiger partial charge in [0.2, 0.25) is 0 Å². The highest BCUT2D eigenvalue weighted by Gasteiger charge is 2.19. The van der Waals surface area contributed by atoms with Gasteiger partial charge < -0.3 is 18.9 Å². The molecule has 8 heteroatoms. The van der Waals surface area contributed by atoms with E-state index >= 15 is 0 Å². The molecule has 0 bridgehead atoms. The quantitative estimate of drug-likeness (QED) is 0.333. The van der Waals surface area contributed by atoms with Gasteiger partial charge in [-0.2, -0.15) is 0 Å². The number of hydrogen-bond acceptors (Lipinski definition) is 8. The zero-order valence-corrected chi connectivity index (χ0v) is 14.0. The van der Waals surface area contributed by atoms with E-state index < -0.39 is 36.1 Å². The average Bonchev–Trinajstić information content (AvgIpc) is 2.52. The molecule has 0 saturated carbocycles. The maximum atomic E-state index is 11.5. The summed E-state index contributed by atoms with van der Waals surface area (Å²) in [4.78, 5) is 45.0. The molecule has 0 aromatic carbocycles. The predicted molar refractivity (Wildman–Crippen MR) is 78.2 cm³/mol. The lowest BCUT2D eigenvalue weighted by Crippen LogP contribution is -2.25. The lowest BCUT2D eigenvalue weighted by Gasteiger charge is -2.11. The van der Waals surface area contributed by atoms with Gasteiger partial charge in [-0.05, 0) is 26.7 Å². The van der Waals surface area contributed by atoms with E-state index in [4.69, 9.17) is 9.47 Å². The largest absolute Gasteiger partial charge is 0.466 e. The fourth-order valence-corrected chi connectivity index (χ4v) is 1.66. The normalized spacial score (nSPS) is 12.7. The lowest BCUT2D eigenvalue weighted by atomic mass is 10.1. The second-order valence-electron chi connectivity index (χ2n) is 4.87. The van der Waals surface area contributed by atoms with E-state index in [1.54, 1.807) is 0 Å². The van der Waals surface area contributed by atoms with Gasteiger partial charge in [0.15, 0.2) is 12.2 Å². The Hall–Kier alpha value is -2.12. The third kappa shape index (κ3) is 9.49. The minimum atomic E-state index is -0.928. The Bertz CT molecular complexity index is 380. The van der Waals surface area contributed by atoms with Crippen molar-refractivity contribution in [3.05, 3.63) is 0 Å². The summed E-state index contributed by atoms with van der Waals surface area (Å²) in [5.41, 5.74) is 0. The second kappa shape index (κ2) is 11.4. The van der Waals surface area contributed by atoms with Crippen LogP contribution in [-0.2, 0) is 38.1 Å². The van der Waals surface area contributed by atoms with Gasteiger partial charge in [-0.15, -0.1) is 0 Å². The SMILES string of the molecule is COC(=O)C(C)OC(=O)CCCCCC(=O)OC(C)C(=O)OC. The maximum absolute atomic E-state index is 11.5. The average molecular weight is 332 g/mol. The van der Waals surface area contributed by atoms with Crippen molar-refractivity contribution in [2.75, 3.05) is 14.2 Å². The molecule has 0 radical (unpaired) electrons. The molecular weight excluding hydrogens is 308 g/mol. The van der Waals surface area contributed by atoms with Crippen molar-refractivity contribution < 1.29 is 38.1 Å². The summed E-state index contributed by atoms with van der Waals surface area (Å²) in [7, 11) is 2.43. The molecule has 0 rings (SSSR count). The molecule has 0 saturated heterocycles. The van der Waals surface area contributed by atoms with Crippen LogP contribution in [0.1, 0.15) is 46.0 Å². The lowest BCUT2D eigenvalue weighted by molar-refractivity contribution is -0.165. The highest BCUT2D eigenvalue weighted by atomic mass is 16.6. The van der Waals surface area contributed by atoms with E-state index in [9.17, 15) is 19.2 Å². The molecular formula is C15H24O8. The summed E-state index contributed by atoms with van der Waals surface area (Å²) in [5, 5.41) is 0. The number of esters is 4. The predicted octanol–water partition coefficient (Wildman–Crippen LogP) is 1.15. The number of carbonyl (C=O) groups excluding carboxylic acids is 4. The monoisotopic (exact) mass is 332 g/mol. The van der Waals surface area contributed by atoms with Gasteiger partial charge in [0.05, 0.1) is 14.2 Å². The van der Waals surface area contributed by atoms with Crippen molar-refractivity contribution in [1.29, 1.82) is 0 Å². The summed E-state index contributed by atoms with van der Waals surface area (Å²) in [6.45, 7) is 2.87. The van der Waals surface area contributed by atoms with Gasteiger partial charge in [-0.1, -0.05) is 6.42 Å². The first-order valence-electron chi connectivity index (χ1n) is 7.36. The molecule has 0 N–H and O–H groups in total. The van der Waals surface area contributed by atoms with Crippen molar-refractivity contribution in [3.63, 3.8) is 0 Å². The van der Waals surface area contributed by atoms with Crippen LogP contribution in [0.15, 0.2) is 0 Å². The molecule has 8 nitrogen and oxygen atoms in total. The minimum Gasteiger partial charge on any atom is -0.466 e. The number of methoxy groups -OCH3 is 2. The zero-order valence-electron chi connectivity index (χ0n) is 14.0. The standard InChI is InChI=1S/C15H24O8/c1-10(14(18)20-3)22-12(16)8-6-5-7-9-13(17)23-11(2)15(19)21-4/h10-11H,5-9H2,1-4H3. The van der Waals surface area contributed by atoms with Gasteiger partial charge >= 0.3 is 23.9 Å². The molecule has 2 unspecified atom stereocenters. The molecule has 0 aliphatic heterocycles. The van der Waals surface area contributed by atoms with Gasteiger partial charge in [0, 0.05) is 12.8 Å². The summed E-state index contributed by atoms with van der Waals surface area (Å²) in [6, 6.07) is 0. The summed E-state index contributed by atoms with van der Waals surface area (Å²) in [5.74, 6) is -2.21. The number of hydrogen-bond donors (Lipinski definition) is 0. The van der Waals surface area contributed by atoms with E-state index in [1.807, 2.05) is 0 Å². The van der Waals surface area contributed by atoms with E-state index in [-0.39, 0.29) is 12.8 Å². The molecule has 23 heavy (non-hydrogen) atoms. The van der Waals surface area contributed by atoms with Gasteiger partial charge in [0.25, 0.3) is 0 Å². The molecule has 0 aromatic heterocycles. The van der Waals surface area contributed by atoms with Crippen molar-refractivity contribution >= 4 is 23.9 Å². The van der Waals surface area contributed by atoms with Crippen molar-refractivity contribution in [1.82, 2.24) is 0 Å². The second-order valence-corrected chi connectivity index (χ2v) is 4.87. The highest BCUT2D eigenvalue weighted by molar-refractivity contribution is 5.79. The Morgan fingerprint density at radius 3 is 1.35 bits per heavy atom. The van der Waals surface area contributed by atoms with Crippen LogP contribution in [0, 0.1) is 0 Å². The van der Waals surface area contributed by atoms with Crippen LogP contribution in [-0.4, -0.2) is 50.3 Å². The molecule has 0 spiro atoms. The van der Waals surface area contributed by atoms with Crippen molar-refractivity contribution in [2.45, 2.75) is 58.2 Å². The van der Waals surface area contributed by atoms with Gasteiger partial charge in [-0.25, -0.2) is 9.59 Å². The fraction of sp³-hybridized carbons (Fsp3) is 0.733. The van der Waals surface area contributed by atoms with Crippen LogP contribution < -0.4 is 0 Å². The van der Waals surface area contributed by atoms with Crippen LogP contribution in [0.25, 0.3) is 0 Å². The van der Waals surface area contributed by atoms with Crippen LogP contribution in [0.4, 0.5) is 0 Å². The summed E-state index contributed by atoms with van der Waals surface area (Å²) < 4.78 is 18.6. The van der Waals surface area contributed by atoms with E-state index in [0.29, 0.717) is 19.3 Å². The smallest absolute Gasteiger partial charge is 0.346 e. The molecule has 132 valence electrons. The molecule has 0 amide bonds. The molecule has 0 aliphatic carbocycles. The first kappa shape index (κ1) is 20.9. The molecule has 0 heterocycles. The van der Waals surface area contributed by atoms with Gasteiger partial charge in [-0.3, -0.25) is 9.59 Å². The van der Waals surface area contributed by atoms with Crippen LogP contribution in [0.5, 0.6) is 0 Å². The first-order valence-corrected chi connectivity index (χ1v) is 7.36. The van der Waals surface area contributed by atoms with Crippen LogP contribution in [0.2, 0.25) is 0 Å². The Morgan fingerprint density at radius 1 is 0.696 bits per heavy atom. The van der Waals surface area contributed by atoms with Gasteiger partial charge in [0.1, 0.15) is 0 Å². The number of carbonyl (C=O) groups is 4. The zero-order chi connectivity index (χ0) is 17.8. The summed E-state index contributed by atoms with van der Waals surface area (Å²) in [6.07, 6.45) is 0.0939. The Morgan fingerprint density at radius 2 is 1.04 bits per heavy atom. The maximum Gasteiger partial charge on any atom is 0.346 e. The third-order valence-electron chi connectivity index (χ3n) is 2.94. The minimum absolute atomic E-state index is 0.148. The number of rotatable bonds is 10. The Kier molecular flexibility index (Phi) is 10.4. The van der Waals surface area contributed by atoms with E-state index in [2.05, 4.69) is 9.47 Å². The fourth-order valence-electron chi connectivity index (χ4n) is 1.66. The first-order chi connectivity index (χ1) is 10.8. The van der Waals surface area contributed by atoms with Crippen LogP contribution >= 0.6 is 0 Å². The van der Waals surface area contributed by atoms with E-state index in [0.717, 1.165) is 0 Å². The molecule has 0 aliphatic rings.